The second kappa shape index (κ2) is 8.77. The van der Waals surface area contributed by atoms with Crippen LogP contribution in [0, 0.1) is 0 Å². The first-order valence-corrected chi connectivity index (χ1v) is 11.7. The van der Waals surface area contributed by atoms with Crippen LogP contribution >= 0.6 is 11.3 Å². The van der Waals surface area contributed by atoms with Crippen molar-refractivity contribution in [2.75, 3.05) is 5.75 Å². The van der Waals surface area contributed by atoms with Crippen molar-refractivity contribution in [3.8, 4) is 0 Å². The van der Waals surface area contributed by atoms with Gasteiger partial charge in [-0.1, -0.05) is 49.6 Å². The first-order valence-electron chi connectivity index (χ1n) is 8.97. The molecule has 0 spiro atoms. The van der Waals surface area contributed by atoms with E-state index in [1.807, 2.05) is 30.3 Å². The number of nitrogens with one attached hydrogen (secondary N) is 1. The van der Waals surface area contributed by atoms with E-state index in [2.05, 4.69) is 10.3 Å². The van der Waals surface area contributed by atoms with Crippen LogP contribution in [0.1, 0.15) is 48.4 Å². The molecule has 140 valence electrons. The van der Waals surface area contributed by atoms with Crippen LogP contribution in [0.5, 0.6) is 0 Å². The fourth-order valence-electron chi connectivity index (χ4n) is 3.26. The van der Waals surface area contributed by atoms with Gasteiger partial charge >= 0.3 is 0 Å². The van der Waals surface area contributed by atoms with Crippen molar-refractivity contribution < 1.29 is 13.2 Å². The number of carbonyl (C=O) groups is 1. The van der Waals surface area contributed by atoms with Gasteiger partial charge in [-0.3, -0.25) is 4.79 Å². The lowest BCUT2D eigenvalue weighted by molar-refractivity contribution is -0.119. The minimum atomic E-state index is -3.51. The van der Waals surface area contributed by atoms with Crippen molar-refractivity contribution in [3.05, 3.63) is 52.0 Å². The molecule has 0 radical (unpaired) electrons. The number of hydrogen-bond acceptors (Lipinski definition) is 5. The molecular formula is C19H24N2O3S2. The Morgan fingerprint density at radius 3 is 2.62 bits per heavy atom. The lowest BCUT2D eigenvalue weighted by atomic mass is 9.95. The Morgan fingerprint density at radius 2 is 1.88 bits per heavy atom. The largest absolute Gasteiger partial charge is 0.352 e. The van der Waals surface area contributed by atoms with Gasteiger partial charge in [-0.25, -0.2) is 13.4 Å². The minimum Gasteiger partial charge on any atom is -0.352 e. The van der Waals surface area contributed by atoms with Gasteiger partial charge in [-0.15, -0.1) is 11.3 Å². The second-order valence-electron chi connectivity index (χ2n) is 6.83. The maximum absolute atomic E-state index is 12.3. The lowest BCUT2D eigenvalue weighted by Crippen LogP contribution is -2.39. The molecule has 1 amide bonds. The number of amides is 1. The van der Waals surface area contributed by atoms with E-state index in [0.717, 1.165) is 36.3 Å². The summed E-state index contributed by atoms with van der Waals surface area (Å²) in [7, 11) is -3.51. The number of nitrogens with zero attached hydrogens (tertiary/aromatic N) is 1. The van der Waals surface area contributed by atoms with Crippen LogP contribution in [0.25, 0.3) is 0 Å². The van der Waals surface area contributed by atoms with Crippen molar-refractivity contribution in [1.82, 2.24) is 10.3 Å². The van der Waals surface area contributed by atoms with Gasteiger partial charge in [0.25, 0.3) is 0 Å². The number of hydrogen-bond donors (Lipinski definition) is 1. The molecule has 1 aliphatic carbocycles. The van der Waals surface area contributed by atoms with Gasteiger partial charge in [0, 0.05) is 17.8 Å². The van der Waals surface area contributed by atoms with E-state index in [4.69, 9.17) is 0 Å². The summed E-state index contributed by atoms with van der Waals surface area (Å²) in [6.07, 6.45) is 5.97. The molecule has 0 bridgehead atoms. The highest BCUT2D eigenvalue weighted by atomic mass is 32.2. The highest BCUT2D eigenvalue weighted by molar-refractivity contribution is 7.91. The van der Waals surface area contributed by atoms with Gasteiger partial charge in [0.05, 0.1) is 16.5 Å². The highest BCUT2D eigenvalue weighted by Crippen LogP contribution is 2.18. The van der Waals surface area contributed by atoms with E-state index in [9.17, 15) is 13.2 Å². The summed E-state index contributed by atoms with van der Waals surface area (Å²) >= 11 is 1.46. The maximum atomic E-state index is 12.3. The molecule has 1 aromatic carbocycles. The summed E-state index contributed by atoms with van der Waals surface area (Å²) in [6, 6.07) is 10.1. The molecule has 2 aromatic rings. The summed E-state index contributed by atoms with van der Waals surface area (Å²) < 4.78 is 24.6. The molecule has 3 rings (SSSR count). The fraction of sp³-hybridized carbons (Fsp3) is 0.474. The molecule has 1 aromatic heterocycles. The van der Waals surface area contributed by atoms with Crippen LogP contribution in [0.15, 0.2) is 35.7 Å². The average molecular weight is 393 g/mol. The monoisotopic (exact) mass is 392 g/mol. The van der Waals surface area contributed by atoms with Gasteiger partial charge in [0.1, 0.15) is 5.75 Å². The summed E-state index contributed by atoms with van der Waals surface area (Å²) in [5.74, 6) is -1.04. The molecule has 1 heterocycles. The normalized spacial score (nSPS) is 15.7. The Kier molecular flexibility index (Phi) is 6.43. The second-order valence-corrected chi connectivity index (χ2v) is 9.84. The Balaban J connectivity index is 1.53. The standard InChI is InChI=1S/C19H24N2O3S2/c22-18(20-16-9-5-2-6-10-16)14-26(23,24)13-17-12-25-19(21-17)11-15-7-3-1-4-8-15/h1,3-4,7-8,12,16H,2,5-6,9-11,13-14H2,(H,20,22). The number of rotatable bonds is 7. The molecule has 1 N–H and O–H groups in total. The molecular weight excluding hydrogens is 368 g/mol. The third kappa shape index (κ3) is 5.92. The third-order valence-corrected chi connectivity index (χ3v) is 6.82. The van der Waals surface area contributed by atoms with Crippen LogP contribution in [0.3, 0.4) is 0 Å². The maximum Gasteiger partial charge on any atom is 0.235 e. The highest BCUT2D eigenvalue weighted by Gasteiger charge is 2.22. The van der Waals surface area contributed by atoms with Gasteiger partial charge < -0.3 is 5.32 Å². The number of carbonyl (C=O) groups excluding carboxylic acids is 1. The summed E-state index contributed by atoms with van der Waals surface area (Å²) in [6.45, 7) is 0. The zero-order chi connectivity index (χ0) is 18.4. The zero-order valence-corrected chi connectivity index (χ0v) is 16.3. The zero-order valence-electron chi connectivity index (χ0n) is 14.7. The van der Waals surface area contributed by atoms with E-state index in [1.165, 1.54) is 17.8 Å². The van der Waals surface area contributed by atoms with Gasteiger partial charge in [-0.2, -0.15) is 0 Å². The van der Waals surface area contributed by atoms with E-state index in [-0.39, 0.29) is 11.8 Å². The number of sulfone groups is 1. The van der Waals surface area contributed by atoms with Crippen LogP contribution in [-0.4, -0.2) is 31.1 Å². The van der Waals surface area contributed by atoms with Crippen LogP contribution < -0.4 is 5.32 Å². The average Bonchev–Trinajstić information content (AvgIpc) is 3.02. The van der Waals surface area contributed by atoms with Gasteiger partial charge in [-0.05, 0) is 18.4 Å². The Bertz CT molecular complexity index is 825. The van der Waals surface area contributed by atoms with Crippen molar-refractivity contribution in [2.24, 2.45) is 0 Å². The third-order valence-electron chi connectivity index (χ3n) is 4.49. The summed E-state index contributed by atoms with van der Waals surface area (Å²) in [5.41, 5.74) is 1.66. The molecule has 1 saturated carbocycles. The van der Waals surface area contributed by atoms with Gasteiger partial charge in [0.2, 0.25) is 5.91 Å². The molecule has 1 fully saturated rings. The predicted molar refractivity (Wildman–Crippen MR) is 104 cm³/mol. The van der Waals surface area contributed by atoms with E-state index >= 15 is 0 Å². The molecule has 26 heavy (non-hydrogen) atoms. The number of benzene rings is 1. The molecule has 0 saturated heterocycles. The van der Waals surface area contributed by atoms with E-state index < -0.39 is 21.5 Å². The Labute approximate surface area is 158 Å². The van der Waals surface area contributed by atoms with Crippen LogP contribution in [0.2, 0.25) is 0 Å². The van der Waals surface area contributed by atoms with Crippen molar-refractivity contribution in [2.45, 2.75) is 50.3 Å². The minimum absolute atomic E-state index is 0.128. The van der Waals surface area contributed by atoms with Crippen LogP contribution in [0.4, 0.5) is 0 Å². The number of thiazole rings is 1. The molecule has 0 atom stereocenters. The first-order chi connectivity index (χ1) is 12.5. The first kappa shape index (κ1) is 19.0. The number of aromatic nitrogens is 1. The lowest BCUT2D eigenvalue weighted by Gasteiger charge is -2.22. The summed E-state index contributed by atoms with van der Waals surface area (Å²) in [4.78, 5) is 16.5. The summed E-state index contributed by atoms with van der Waals surface area (Å²) in [5, 5.41) is 5.52. The topological polar surface area (TPSA) is 76.1 Å². The Hall–Kier alpha value is -1.73. The molecule has 1 aliphatic rings. The fourth-order valence-corrected chi connectivity index (χ4v) is 5.38. The van der Waals surface area contributed by atoms with E-state index in [1.54, 1.807) is 5.38 Å². The van der Waals surface area contributed by atoms with E-state index in [0.29, 0.717) is 12.1 Å². The smallest absolute Gasteiger partial charge is 0.235 e. The van der Waals surface area contributed by atoms with Crippen molar-refractivity contribution >= 4 is 27.1 Å². The van der Waals surface area contributed by atoms with Gasteiger partial charge in [0.15, 0.2) is 9.84 Å². The molecule has 5 nitrogen and oxygen atoms in total. The van der Waals surface area contributed by atoms with Crippen molar-refractivity contribution in [1.29, 1.82) is 0 Å². The predicted octanol–water partition coefficient (Wildman–Crippen LogP) is 3.10. The molecule has 0 aliphatic heterocycles. The quantitative estimate of drug-likeness (QED) is 0.786. The van der Waals surface area contributed by atoms with Crippen LogP contribution in [-0.2, 0) is 26.8 Å². The Morgan fingerprint density at radius 1 is 1.15 bits per heavy atom. The SMILES string of the molecule is O=C(CS(=O)(=O)Cc1csc(Cc2ccccc2)n1)NC1CCCCC1. The molecule has 0 unspecified atom stereocenters. The molecule has 7 heteroatoms. The van der Waals surface area contributed by atoms with Crippen molar-refractivity contribution in [3.63, 3.8) is 0 Å².